The van der Waals surface area contributed by atoms with E-state index in [0.717, 1.165) is 32.5 Å². The van der Waals surface area contributed by atoms with Gasteiger partial charge in [0.2, 0.25) is 11.8 Å². The van der Waals surface area contributed by atoms with Gasteiger partial charge in [0, 0.05) is 13.1 Å². The smallest absolute Gasteiger partial charge is 0.239 e. The first-order valence-corrected chi connectivity index (χ1v) is 9.52. The van der Waals surface area contributed by atoms with Gasteiger partial charge in [-0.2, -0.15) is 0 Å². The average Bonchev–Trinajstić information content (AvgIpc) is 2.65. The molecule has 1 saturated heterocycles. The molecule has 1 fully saturated rings. The molecule has 0 aliphatic carbocycles. The zero-order valence-electron chi connectivity index (χ0n) is 16.7. The van der Waals surface area contributed by atoms with E-state index in [-0.39, 0.29) is 49.1 Å². The molecular formula is C20H34Cl2N4O2. The summed E-state index contributed by atoms with van der Waals surface area (Å²) in [5.74, 6) is 0.129. The van der Waals surface area contributed by atoms with Crippen LogP contribution in [0.5, 0.6) is 0 Å². The Morgan fingerprint density at radius 2 is 1.71 bits per heavy atom. The number of hydrogen-bond donors (Lipinski definition) is 3. The Morgan fingerprint density at radius 3 is 2.29 bits per heavy atom. The summed E-state index contributed by atoms with van der Waals surface area (Å²) in [5.41, 5.74) is 7.10. The predicted octanol–water partition coefficient (Wildman–Crippen LogP) is 1.96. The number of nitrogens with two attached hydrogens (primary N) is 1. The Morgan fingerprint density at radius 1 is 1.11 bits per heavy atom. The van der Waals surface area contributed by atoms with Crippen molar-refractivity contribution in [2.45, 2.75) is 39.3 Å². The first-order chi connectivity index (χ1) is 12.5. The van der Waals surface area contributed by atoms with Crippen LogP contribution in [0, 0.1) is 11.8 Å². The Bertz CT molecular complexity index is 579. The number of halogens is 2. The Kier molecular flexibility index (Phi) is 13.1. The van der Waals surface area contributed by atoms with Crippen molar-refractivity contribution in [3.8, 4) is 0 Å². The van der Waals surface area contributed by atoms with Crippen molar-refractivity contribution in [2.24, 2.45) is 17.6 Å². The largest absolute Gasteiger partial charge is 0.354 e. The number of rotatable bonds is 8. The monoisotopic (exact) mass is 432 g/mol. The van der Waals surface area contributed by atoms with Crippen molar-refractivity contribution in [3.63, 3.8) is 0 Å². The van der Waals surface area contributed by atoms with Crippen molar-refractivity contribution in [1.82, 2.24) is 15.5 Å². The molecule has 1 aromatic rings. The number of nitrogens with one attached hydrogen (secondary N) is 2. The molecule has 2 amide bonds. The van der Waals surface area contributed by atoms with E-state index in [2.05, 4.69) is 39.8 Å². The van der Waals surface area contributed by atoms with E-state index in [1.54, 1.807) is 0 Å². The summed E-state index contributed by atoms with van der Waals surface area (Å²) >= 11 is 0. The average molecular weight is 433 g/mol. The molecule has 1 aliphatic heterocycles. The highest BCUT2D eigenvalue weighted by atomic mass is 35.5. The molecule has 0 saturated carbocycles. The van der Waals surface area contributed by atoms with Gasteiger partial charge < -0.3 is 16.4 Å². The van der Waals surface area contributed by atoms with Crippen LogP contribution in [0.1, 0.15) is 32.3 Å². The number of hydrogen-bond acceptors (Lipinski definition) is 4. The first-order valence-electron chi connectivity index (χ1n) is 9.52. The molecule has 28 heavy (non-hydrogen) atoms. The lowest BCUT2D eigenvalue weighted by molar-refractivity contribution is -0.127. The molecule has 4 N–H and O–H groups in total. The van der Waals surface area contributed by atoms with Gasteiger partial charge in [-0.1, -0.05) is 44.2 Å². The fourth-order valence-electron chi connectivity index (χ4n) is 3.10. The number of nitrogens with zero attached hydrogens (tertiary/aromatic N) is 1. The van der Waals surface area contributed by atoms with Crippen molar-refractivity contribution < 1.29 is 9.59 Å². The third-order valence-electron chi connectivity index (χ3n) is 4.99. The second kappa shape index (κ2) is 13.8. The standard InChI is InChI=1S/C20H32N4O2.2ClH/c1-15(2)19(21)20(26)23-13-18(25)22-12-16-8-10-24(11-9-16)14-17-6-4-3-5-7-17;;/h3-7,15-16,19H,8-14,21H2,1-2H3,(H,22,25)(H,23,26);2*1H/t19-;;/m0../s1. The summed E-state index contributed by atoms with van der Waals surface area (Å²) in [7, 11) is 0. The zero-order valence-corrected chi connectivity index (χ0v) is 18.4. The van der Waals surface area contributed by atoms with E-state index in [4.69, 9.17) is 5.73 Å². The normalized spacial score (nSPS) is 15.9. The summed E-state index contributed by atoms with van der Waals surface area (Å²) in [5, 5.41) is 5.53. The quantitative estimate of drug-likeness (QED) is 0.585. The predicted molar refractivity (Wildman–Crippen MR) is 118 cm³/mol. The third kappa shape index (κ3) is 9.24. The lowest BCUT2D eigenvalue weighted by Crippen LogP contribution is -2.47. The molecular weight excluding hydrogens is 399 g/mol. The van der Waals surface area contributed by atoms with Gasteiger partial charge in [-0.05, 0) is 43.3 Å². The van der Waals surface area contributed by atoms with Gasteiger partial charge in [0.05, 0.1) is 12.6 Å². The molecule has 1 atom stereocenters. The molecule has 8 heteroatoms. The highest BCUT2D eigenvalue weighted by Gasteiger charge is 2.20. The van der Waals surface area contributed by atoms with Crippen LogP contribution in [-0.2, 0) is 16.1 Å². The molecule has 0 unspecified atom stereocenters. The zero-order chi connectivity index (χ0) is 18.9. The van der Waals surface area contributed by atoms with Crippen molar-refractivity contribution >= 4 is 36.6 Å². The van der Waals surface area contributed by atoms with Gasteiger partial charge in [0.1, 0.15) is 0 Å². The summed E-state index contributed by atoms with van der Waals surface area (Å²) < 4.78 is 0. The summed E-state index contributed by atoms with van der Waals surface area (Å²) in [6.07, 6.45) is 2.16. The maximum absolute atomic E-state index is 11.9. The molecule has 1 heterocycles. The van der Waals surface area contributed by atoms with Crippen LogP contribution in [0.25, 0.3) is 0 Å². The Balaban J connectivity index is 0.00000364. The molecule has 2 rings (SSSR count). The molecule has 6 nitrogen and oxygen atoms in total. The number of piperidine rings is 1. The fraction of sp³-hybridized carbons (Fsp3) is 0.600. The van der Waals surface area contributed by atoms with Crippen molar-refractivity contribution in [1.29, 1.82) is 0 Å². The maximum atomic E-state index is 11.9. The summed E-state index contributed by atoms with van der Waals surface area (Å²) in [6.45, 7) is 7.52. The lowest BCUT2D eigenvalue weighted by Gasteiger charge is -2.32. The molecule has 0 bridgehead atoms. The number of benzene rings is 1. The van der Waals surface area contributed by atoms with Crippen LogP contribution in [0.3, 0.4) is 0 Å². The van der Waals surface area contributed by atoms with Gasteiger partial charge in [0.15, 0.2) is 0 Å². The van der Waals surface area contributed by atoms with Crippen molar-refractivity contribution in [3.05, 3.63) is 35.9 Å². The van der Waals surface area contributed by atoms with Gasteiger partial charge >= 0.3 is 0 Å². The minimum atomic E-state index is -0.572. The molecule has 160 valence electrons. The van der Waals surface area contributed by atoms with E-state index in [1.165, 1.54) is 5.56 Å². The number of likely N-dealkylation sites (tertiary alicyclic amines) is 1. The van der Waals surface area contributed by atoms with Crippen molar-refractivity contribution in [2.75, 3.05) is 26.2 Å². The van der Waals surface area contributed by atoms with Crippen LogP contribution in [0.15, 0.2) is 30.3 Å². The lowest BCUT2D eigenvalue weighted by atomic mass is 9.96. The molecule has 0 radical (unpaired) electrons. The molecule has 1 aliphatic rings. The summed E-state index contributed by atoms with van der Waals surface area (Å²) in [6, 6.07) is 9.93. The SMILES string of the molecule is CC(C)[C@H](N)C(=O)NCC(=O)NCC1CCN(Cc2ccccc2)CC1.Cl.Cl. The van der Waals surface area contributed by atoms with E-state index in [1.807, 2.05) is 19.9 Å². The minimum absolute atomic E-state index is 0. The van der Waals surface area contributed by atoms with E-state index in [9.17, 15) is 9.59 Å². The third-order valence-corrected chi connectivity index (χ3v) is 4.99. The van der Waals surface area contributed by atoms with Gasteiger partial charge in [0.25, 0.3) is 0 Å². The van der Waals surface area contributed by atoms with Crippen LogP contribution in [0.4, 0.5) is 0 Å². The highest BCUT2D eigenvalue weighted by molar-refractivity contribution is 5.87. The molecule has 1 aromatic carbocycles. The minimum Gasteiger partial charge on any atom is -0.354 e. The first kappa shape index (κ1) is 26.7. The number of carbonyl (C=O) groups excluding carboxylic acids is 2. The van der Waals surface area contributed by atoms with Crippen LogP contribution in [-0.4, -0.2) is 48.9 Å². The number of carbonyl (C=O) groups is 2. The maximum Gasteiger partial charge on any atom is 0.239 e. The fourth-order valence-corrected chi connectivity index (χ4v) is 3.10. The van der Waals surface area contributed by atoms with Crippen LogP contribution < -0.4 is 16.4 Å². The van der Waals surface area contributed by atoms with E-state index in [0.29, 0.717) is 12.5 Å². The van der Waals surface area contributed by atoms with Gasteiger partial charge in [-0.25, -0.2) is 0 Å². The number of amides is 2. The molecule has 0 spiro atoms. The second-order valence-corrected chi connectivity index (χ2v) is 7.50. The van der Waals surface area contributed by atoms with Gasteiger partial charge in [-0.3, -0.25) is 14.5 Å². The molecule has 0 aromatic heterocycles. The van der Waals surface area contributed by atoms with Crippen LogP contribution >= 0.6 is 24.8 Å². The van der Waals surface area contributed by atoms with E-state index < -0.39 is 6.04 Å². The van der Waals surface area contributed by atoms with E-state index >= 15 is 0 Å². The van der Waals surface area contributed by atoms with Crippen LogP contribution in [0.2, 0.25) is 0 Å². The highest BCUT2D eigenvalue weighted by Crippen LogP contribution is 2.18. The summed E-state index contributed by atoms with van der Waals surface area (Å²) in [4.78, 5) is 26.1. The Labute approximate surface area is 180 Å². The Hall–Kier alpha value is -1.34. The second-order valence-electron chi connectivity index (χ2n) is 7.50. The topological polar surface area (TPSA) is 87.5 Å². The van der Waals surface area contributed by atoms with Gasteiger partial charge in [-0.15, -0.1) is 24.8 Å².